The summed E-state index contributed by atoms with van der Waals surface area (Å²) in [4.78, 5) is 2.12. The molecule has 1 aromatic rings. The fourth-order valence-electron chi connectivity index (χ4n) is 4.72. The van der Waals surface area contributed by atoms with Gasteiger partial charge < -0.3 is 24.4 Å². The van der Waals surface area contributed by atoms with E-state index in [0.29, 0.717) is 30.8 Å². The third-order valence-corrected chi connectivity index (χ3v) is 6.84. The Morgan fingerprint density at radius 1 is 1.33 bits per heavy atom. The van der Waals surface area contributed by atoms with E-state index in [4.69, 9.17) is 14.2 Å². The number of nitrogens with zero attached hydrogens (tertiary/aromatic N) is 1. The average Bonchev–Trinajstić information content (AvgIpc) is 3.12. The van der Waals surface area contributed by atoms with Crippen LogP contribution in [0.1, 0.15) is 18.4 Å². The minimum atomic E-state index is -0.550. The molecule has 3 aliphatic rings. The molecule has 1 spiro atoms. The molecule has 148 valence electrons. The third kappa shape index (κ3) is 3.63. The summed E-state index contributed by atoms with van der Waals surface area (Å²) in [5.41, 5.74) is 0.999. The van der Waals surface area contributed by atoms with Gasteiger partial charge in [0.25, 0.3) is 0 Å². The van der Waals surface area contributed by atoms with Gasteiger partial charge in [0.2, 0.25) is 0 Å². The number of likely N-dealkylation sites (tertiary alicyclic amines) is 1. The fraction of sp³-hybridized carbons (Fsp3) is 0.600. The number of halogens is 1. The summed E-state index contributed by atoms with van der Waals surface area (Å²) >= 11 is 3.60. The number of rotatable bonds is 4. The SMILES string of the molecule is COc1cc(Br)c(CC2C3C=CC4(CC3CCN2CO)OCCO4)cc1O. The number of aromatic hydroxyl groups is 1. The van der Waals surface area contributed by atoms with Gasteiger partial charge in [0.1, 0.15) is 0 Å². The Morgan fingerprint density at radius 2 is 2.11 bits per heavy atom. The highest BCUT2D eigenvalue weighted by molar-refractivity contribution is 9.10. The van der Waals surface area contributed by atoms with Gasteiger partial charge in [0.05, 0.1) is 27.1 Å². The highest BCUT2D eigenvalue weighted by Crippen LogP contribution is 2.44. The van der Waals surface area contributed by atoms with Crippen LogP contribution < -0.4 is 4.74 Å². The Balaban J connectivity index is 1.60. The predicted octanol–water partition coefficient (Wildman–Crippen LogP) is 2.67. The maximum absolute atomic E-state index is 10.2. The highest BCUT2D eigenvalue weighted by Gasteiger charge is 2.46. The van der Waals surface area contributed by atoms with Crippen molar-refractivity contribution in [1.29, 1.82) is 0 Å². The number of piperidine rings is 1. The molecule has 6 nitrogen and oxygen atoms in total. The normalized spacial score (nSPS) is 29.8. The van der Waals surface area contributed by atoms with Gasteiger partial charge in [-0.1, -0.05) is 22.0 Å². The summed E-state index contributed by atoms with van der Waals surface area (Å²) in [6.45, 7) is 2.16. The number of hydrogen-bond donors (Lipinski definition) is 2. The van der Waals surface area contributed by atoms with Crippen LogP contribution in [0.3, 0.4) is 0 Å². The van der Waals surface area contributed by atoms with Crippen molar-refractivity contribution in [3.63, 3.8) is 0 Å². The Hall–Kier alpha value is -1.12. The molecule has 2 saturated heterocycles. The van der Waals surface area contributed by atoms with Gasteiger partial charge in [-0.05, 0) is 48.4 Å². The predicted molar refractivity (Wildman–Crippen MR) is 104 cm³/mol. The molecule has 2 N–H and O–H groups in total. The third-order valence-electron chi connectivity index (χ3n) is 6.10. The van der Waals surface area contributed by atoms with Gasteiger partial charge >= 0.3 is 0 Å². The second-order valence-electron chi connectivity index (χ2n) is 7.54. The average molecular weight is 440 g/mol. The van der Waals surface area contributed by atoms with Crippen LogP contribution in [0, 0.1) is 11.8 Å². The topological polar surface area (TPSA) is 71.4 Å². The summed E-state index contributed by atoms with van der Waals surface area (Å²) in [5.74, 6) is 0.782. The largest absolute Gasteiger partial charge is 0.504 e. The van der Waals surface area contributed by atoms with E-state index in [1.165, 1.54) is 7.11 Å². The lowest BCUT2D eigenvalue weighted by Gasteiger charge is -2.48. The second-order valence-corrected chi connectivity index (χ2v) is 8.39. The van der Waals surface area contributed by atoms with Gasteiger partial charge in [-0.3, -0.25) is 4.90 Å². The van der Waals surface area contributed by atoms with Crippen LogP contribution in [0.15, 0.2) is 28.8 Å². The zero-order valence-electron chi connectivity index (χ0n) is 15.4. The van der Waals surface area contributed by atoms with E-state index in [9.17, 15) is 10.2 Å². The Kier molecular flexibility index (Phi) is 5.49. The molecule has 27 heavy (non-hydrogen) atoms. The summed E-state index contributed by atoms with van der Waals surface area (Å²) in [5, 5.41) is 20.1. The zero-order chi connectivity index (χ0) is 19.0. The summed E-state index contributed by atoms with van der Waals surface area (Å²) in [6.07, 6.45) is 6.87. The number of fused-ring (bicyclic) bond motifs is 1. The van der Waals surface area contributed by atoms with Crippen molar-refractivity contribution in [1.82, 2.24) is 4.90 Å². The van der Waals surface area contributed by atoms with Crippen LogP contribution in [-0.4, -0.2) is 60.5 Å². The van der Waals surface area contributed by atoms with E-state index in [1.54, 1.807) is 12.1 Å². The van der Waals surface area contributed by atoms with Crippen molar-refractivity contribution >= 4 is 15.9 Å². The lowest BCUT2D eigenvalue weighted by atomic mass is 9.71. The van der Waals surface area contributed by atoms with Crippen molar-refractivity contribution in [2.24, 2.45) is 11.8 Å². The van der Waals surface area contributed by atoms with Crippen LogP contribution >= 0.6 is 15.9 Å². The van der Waals surface area contributed by atoms with Crippen molar-refractivity contribution in [3.8, 4) is 11.5 Å². The van der Waals surface area contributed by atoms with E-state index in [-0.39, 0.29) is 18.5 Å². The minimum absolute atomic E-state index is 0.0274. The van der Waals surface area contributed by atoms with Crippen molar-refractivity contribution in [3.05, 3.63) is 34.3 Å². The number of aliphatic hydroxyl groups excluding tert-OH is 1. The van der Waals surface area contributed by atoms with Crippen LogP contribution in [0.5, 0.6) is 11.5 Å². The molecule has 4 rings (SSSR count). The van der Waals surface area contributed by atoms with E-state index in [1.807, 2.05) is 0 Å². The number of ether oxygens (including phenoxy) is 3. The van der Waals surface area contributed by atoms with Crippen LogP contribution in [0.4, 0.5) is 0 Å². The fourth-order valence-corrected chi connectivity index (χ4v) is 5.20. The molecule has 2 fully saturated rings. The molecule has 0 bridgehead atoms. The van der Waals surface area contributed by atoms with Crippen LogP contribution in [-0.2, 0) is 15.9 Å². The molecule has 2 heterocycles. The van der Waals surface area contributed by atoms with Crippen molar-refractivity contribution < 1.29 is 24.4 Å². The lowest BCUT2D eigenvalue weighted by Crippen LogP contribution is -2.53. The molecule has 3 unspecified atom stereocenters. The highest BCUT2D eigenvalue weighted by atomic mass is 79.9. The van der Waals surface area contributed by atoms with E-state index < -0.39 is 5.79 Å². The van der Waals surface area contributed by atoms with Gasteiger partial charge in [-0.15, -0.1) is 0 Å². The van der Waals surface area contributed by atoms with E-state index in [2.05, 4.69) is 33.0 Å². The molecular formula is C20H26BrNO5. The summed E-state index contributed by atoms with van der Waals surface area (Å²) in [7, 11) is 1.54. The van der Waals surface area contributed by atoms with Gasteiger partial charge in [-0.25, -0.2) is 0 Å². The maximum atomic E-state index is 10.2. The molecule has 7 heteroatoms. The smallest absolute Gasteiger partial charge is 0.188 e. The van der Waals surface area contributed by atoms with Crippen LogP contribution in [0.25, 0.3) is 0 Å². The molecule has 0 saturated carbocycles. The molecule has 1 aliphatic carbocycles. The van der Waals surface area contributed by atoms with Crippen molar-refractivity contribution in [2.75, 3.05) is 33.6 Å². The lowest BCUT2D eigenvalue weighted by molar-refractivity contribution is -0.147. The van der Waals surface area contributed by atoms with Gasteiger partial charge in [-0.2, -0.15) is 0 Å². The first-order valence-corrected chi connectivity index (χ1v) is 10.2. The molecule has 0 aromatic heterocycles. The molecular weight excluding hydrogens is 414 g/mol. The van der Waals surface area contributed by atoms with E-state index >= 15 is 0 Å². The first kappa shape index (κ1) is 19.2. The minimum Gasteiger partial charge on any atom is -0.504 e. The molecule has 0 radical (unpaired) electrons. The van der Waals surface area contributed by atoms with Gasteiger partial charge in [0.15, 0.2) is 17.3 Å². The Labute approximate surface area is 167 Å². The van der Waals surface area contributed by atoms with Crippen LogP contribution in [0.2, 0.25) is 0 Å². The zero-order valence-corrected chi connectivity index (χ0v) is 17.0. The number of benzene rings is 1. The maximum Gasteiger partial charge on any atom is 0.188 e. The molecule has 0 amide bonds. The number of aliphatic hydroxyl groups is 1. The quantitative estimate of drug-likeness (QED) is 0.702. The Morgan fingerprint density at radius 3 is 2.81 bits per heavy atom. The molecule has 3 atom stereocenters. The van der Waals surface area contributed by atoms with E-state index in [0.717, 1.165) is 35.8 Å². The number of phenols is 1. The molecule has 2 aliphatic heterocycles. The summed E-state index contributed by atoms with van der Waals surface area (Å²) in [6, 6.07) is 3.69. The first-order valence-electron chi connectivity index (χ1n) is 9.43. The van der Waals surface area contributed by atoms with Gasteiger partial charge in [0, 0.05) is 23.5 Å². The summed E-state index contributed by atoms with van der Waals surface area (Å²) < 4.78 is 17.8. The monoisotopic (exact) mass is 439 g/mol. The number of phenolic OH excluding ortho intramolecular Hbond substituents is 1. The number of hydrogen-bond acceptors (Lipinski definition) is 6. The molecule has 1 aromatic carbocycles. The standard InChI is InChI=1S/C20H26BrNO5/c1-25-19-10-16(21)14(9-18(19)24)8-17-15-2-4-20(26-6-7-27-20)11-13(15)3-5-22(17)12-23/h2,4,9-10,13,15,17,23-24H,3,5-8,11-12H2,1H3. The second kappa shape index (κ2) is 7.72. The van der Waals surface area contributed by atoms with Crippen molar-refractivity contribution in [2.45, 2.75) is 31.1 Å². The Bertz CT molecular complexity index is 719. The first-order chi connectivity index (χ1) is 13.0. The number of methoxy groups -OCH3 is 1.